The van der Waals surface area contributed by atoms with Crippen LogP contribution in [0, 0.1) is 5.92 Å². The Kier molecular flexibility index (Phi) is 7.63. The second-order valence-electron chi connectivity index (χ2n) is 6.64. The zero-order valence-electron chi connectivity index (χ0n) is 16.3. The maximum atomic E-state index is 12.5. The van der Waals surface area contributed by atoms with Gasteiger partial charge in [0.25, 0.3) is 5.91 Å². The molecule has 2 aromatic carbocycles. The molecular weight excluding hydrogens is 358 g/mol. The van der Waals surface area contributed by atoms with Gasteiger partial charge in [-0.2, -0.15) is 0 Å². The van der Waals surface area contributed by atoms with Gasteiger partial charge in [0, 0.05) is 17.3 Å². The van der Waals surface area contributed by atoms with Crippen molar-refractivity contribution in [3.8, 4) is 11.5 Å². The molecule has 1 amide bonds. The van der Waals surface area contributed by atoms with Crippen LogP contribution in [-0.4, -0.2) is 30.7 Å². The summed E-state index contributed by atoms with van der Waals surface area (Å²) in [6.07, 6.45) is 3.48. The molecule has 2 rings (SSSR count). The lowest BCUT2D eigenvalue weighted by Gasteiger charge is -2.13. The molecule has 0 unspecified atom stereocenters. The third-order valence-corrected chi connectivity index (χ3v) is 3.97. The van der Waals surface area contributed by atoms with E-state index in [0.717, 1.165) is 18.1 Å². The molecule has 28 heavy (non-hydrogen) atoms. The molecule has 0 atom stereocenters. The molecule has 0 radical (unpaired) electrons. The van der Waals surface area contributed by atoms with Crippen LogP contribution >= 0.6 is 0 Å². The van der Waals surface area contributed by atoms with Crippen LogP contribution in [0.1, 0.15) is 36.2 Å². The monoisotopic (exact) mass is 383 g/mol. The minimum Gasteiger partial charge on any atom is -0.493 e. The predicted octanol–water partition coefficient (Wildman–Crippen LogP) is 4.47. The Labute approximate surface area is 164 Å². The van der Waals surface area contributed by atoms with E-state index in [1.165, 1.54) is 13.2 Å². The van der Waals surface area contributed by atoms with Crippen molar-refractivity contribution in [3.63, 3.8) is 0 Å². The molecule has 0 bridgehead atoms. The van der Waals surface area contributed by atoms with E-state index in [1.54, 1.807) is 42.5 Å². The first-order valence-corrected chi connectivity index (χ1v) is 9.02. The molecule has 6 heteroatoms. The Morgan fingerprint density at radius 3 is 2.43 bits per heavy atom. The third-order valence-electron chi connectivity index (χ3n) is 3.97. The largest absolute Gasteiger partial charge is 0.493 e. The number of hydrogen-bond acceptors (Lipinski definition) is 4. The first kappa shape index (κ1) is 21.0. The van der Waals surface area contributed by atoms with Crippen molar-refractivity contribution in [1.82, 2.24) is 0 Å². The average molecular weight is 383 g/mol. The summed E-state index contributed by atoms with van der Waals surface area (Å²) in [6.45, 7) is 4.84. The molecule has 148 valence electrons. The second-order valence-corrected chi connectivity index (χ2v) is 6.64. The minimum atomic E-state index is -1.01. The predicted molar refractivity (Wildman–Crippen MR) is 109 cm³/mol. The summed E-state index contributed by atoms with van der Waals surface area (Å²) in [5.74, 6) is 0.366. The number of hydrogen-bond donors (Lipinski definition) is 2. The van der Waals surface area contributed by atoms with Crippen LogP contribution in [0.5, 0.6) is 11.5 Å². The highest BCUT2D eigenvalue weighted by molar-refractivity contribution is 6.04. The fourth-order valence-corrected chi connectivity index (χ4v) is 2.38. The van der Waals surface area contributed by atoms with E-state index in [-0.39, 0.29) is 5.91 Å². The van der Waals surface area contributed by atoms with Crippen LogP contribution in [0.3, 0.4) is 0 Å². The lowest BCUT2D eigenvalue weighted by atomic mass is 10.1. The normalized spacial score (nSPS) is 10.9. The third kappa shape index (κ3) is 6.46. The summed E-state index contributed by atoms with van der Waals surface area (Å²) >= 11 is 0. The van der Waals surface area contributed by atoms with Gasteiger partial charge >= 0.3 is 5.97 Å². The number of amides is 1. The highest BCUT2D eigenvalue weighted by Gasteiger charge is 2.12. The zero-order chi connectivity index (χ0) is 20.5. The fourth-order valence-electron chi connectivity index (χ4n) is 2.38. The molecule has 0 fully saturated rings. The second kappa shape index (κ2) is 10.2. The van der Waals surface area contributed by atoms with Gasteiger partial charge in [0.05, 0.1) is 13.7 Å². The van der Waals surface area contributed by atoms with E-state index in [2.05, 4.69) is 19.2 Å². The van der Waals surface area contributed by atoms with Crippen LogP contribution in [0.2, 0.25) is 0 Å². The molecule has 0 saturated heterocycles. The topological polar surface area (TPSA) is 84.9 Å². The van der Waals surface area contributed by atoms with E-state index >= 15 is 0 Å². The Hall–Kier alpha value is -3.28. The van der Waals surface area contributed by atoms with Crippen LogP contribution < -0.4 is 14.8 Å². The van der Waals surface area contributed by atoms with Crippen molar-refractivity contribution in [2.75, 3.05) is 19.0 Å². The van der Waals surface area contributed by atoms with Gasteiger partial charge in [0.15, 0.2) is 11.5 Å². The SMILES string of the molecule is COc1cc(C(=O)Nc2ccc(C=CC(=O)O)cc2)ccc1OCCC(C)C. The van der Waals surface area contributed by atoms with Gasteiger partial charge < -0.3 is 19.9 Å². The standard InChI is InChI=1S/C22H25NO5/c1-15(2)12-13-28-19-10-7-17(14-20(19)27-3)22(26)23-18-8-4-16(5-9-18)6-11-21(24)25/h4-11,14-15H,12-13H2,1-3H3,(H,23,26)(H,24,25). The summed E-state index contributed by atoms with van der Waals surface area (Å²) in [5.41, 5.74) is 1.78. The maximum Gasteiger partial charge on any atom is 0.328 e. The first-order chi connectivity index (χ1) is 13.4. The van der Waals surface area contributed by atoms with Crippen molar-refractivity contribution in [3.05, 3.63) is 59.7 Å². The van der Waals surface area contributed by atoms with E-state index in [1.807, 2.05) is 0 Å². The van der Waals surface area contributed by atoms with Crippen LogP contribution in [0.4, 0.5) is 5.69 Å². The summed E-state index contributed by atoms with van der Waals surface area (Å²) in [6, 6.07) is 11.9. The lowest BCUT2D eigenvalue weighted by Crippen LogP contribution is -2.12. The number of carbonyl (C=O) groups excluding carboxylic acids is 1. The number of benzene rings is 2. The number of carbonyl (C=O) groups is 2. The van der Waals surface area contributed by atoms with Crippen LogP contribution in [0.25, 0.3) is 6.08 Å². The van der Waals surface area contributed by atoms with E-state index < -0.39 is 5.97 Å². The van der Waals surface area contributed by atoms with Gasteiger partial charge in [-0.3, -0.25) is 4.79 Å². The molecule has 0 saturated carbocycles. The van der Waals surface area contributed by atoms with E-state index in [4.69, 9.17) is 14.6 Å². The smallest absolute Gasteiger partial charge is 0.328 e. The fraction of sp³-hybridized carbons (Fsp3) is 0.273. The number of anilines is 1. The van der Waals surface area contributed by atoms with Crippen molar-refractivity contribution in [1.29, 1.82) is 0 Å². The number of carboxylic acids is 1. The van der Waals surface area contributed by atoms with E-state index in [0.29, 0.717) is 35.3 Å². The summed E-state index contributed by atoms with van der Waals surface area (Å²) in [7, 11) is 1.54. The molecule has 0 aliphatic heterocycles. The molecular formula is C22H25NO5. The highest BCUT2D eigenvalue weighted by atomic mass is 16.5. The minimum absolute atomic E-state index is 0.277. The van der Waals surface area contributed by atoms with Crippen LogP contribution in [-0.2, 0) is 4.79 Å². The van der Waals surface area contributed by atoms with Gasteiger partial charge in [-0.05, 0) is 54.3 Å². The first-order valence-electron chi connectivity index (χ1n) is 9.02. The molecule has 0 spiro atoms. The zero-order valence-corrected chi connectivity index (χ0v) is 16.3. The van der Waals surface area contributed by atoms with Gasteiger partial charge in [0.1, 0.15) is 0 Å². The Balaban J connectivity index is 2.04. The number of carboxylic acid groups (broad SMARTS) is 1. The summed E-state index contributed by atoms with van der Waals surface area (Å²) in [5, 5.41) is 11.4. The van der Waals surface area contributed by atoms with Gasteiger partial charge in [-0.15, -0.1) is 0 Å². The van der Waals surface area contributed by atoms with Crippen molar-refractivity contribution in [2.24, 2.45) is 5.92 Å². The quantitative estimate of drug-likeness (QED) is 0.624. The number of rotatable bonds is 9. The summed E-state index contributed by atoms with van der Waals surface area (Å²) < 4.78 is 11.1. The van der Waals surface area contributed by atoms with Crippen molar-refractivity contribution >= 4 is 23.6 Å². The van der Waals surface area contributed by atoms with Gasteiger partial charge in [-0.1, -0.05) is 26.0 Å². The summed E-state index contributed by atoms with van der Waals surface area (Å²) in [4.78, 5) is 23.0. The maximum absolute atomic E-state index is 12.5. The number of ether oxygens (including phenoxy) is 2. The highest BCUT2D eigenvalue weighted by Crippen LogP contribution is 2.29. The molecule has 2 N–H and O–H groups in total. The molecule has 0 aliphatic rings. The molecule has 0 heterocycles. The van der Waals surface area contributed by atoms with Crippen LogP contribution in [0.15, 0.2) is 48.5 Å². The Morgan fingerprint density at radius 1 is 1.11 bits per heavy atom. The lowest BCUT2D eigenvalue weighted by molar-refractivity contribution is -0.131. The number of aliphatic carboxylic acids is 1. The number of methoxy groups -OCH3 is 1. The molecule has 0 aromatic heterocycles. The van der Waals surface area contributed by atoms with Crippen molar-refractivity contribution in [2.45, 2.75) is 20.3 Å². The Bertz CT molecular complexity index is 841. The Morgan fingerprint density at radius 2 is 1.82 bits per heavy atom. The molecule has 0 aliphatic carbocycles. The van der Waals surface area contributed by atoms with E-state index in [9.17, 15) is 9.59 Å². The molecule has 2 aromatic rings. The van der Waals surface area contributed by atoms with Crippen molar-refractivity contribution < 1.29 is 24.2 Å². The van der Waals surface area contributed by atoms with Gasteiger partial charge in [-0.25, -0.2) is 4.79 Å². The molecule has 6 nitrogen and oxygen atoms in total. The average Bonchev–Trinajstić information content (AvgIpc) is 2.67. The number of nitrogens with one attached hydrogen (secondary N) is 1. The van der Waals surface area contributed by atoms with Gasteiger partial charge in [0.2, 0.25) is 0 Å².